The highest BCUT2D eigenvalue weighted by atomic mass is 35.5. The van der Waals surface area contributed by atoms with Gasteiger partial charge in [-0.2, -0.15) is 0 Å². The van der Waals surface area contributed by atoms with Gasteiger partial charge in [0.2, 0.25) is 0 Å². The van der Waals surface area contributed by atoms with Crippen LogP contribution in [0.4, 0.5) is 0 Å². The number of amides is 1. The van der Waals surface area contributed by atoms with Crippen molar-refractivity contribution in [3.63, 3.8) is 0 Å². The largest absolute Gasteiger partial charge is 0.493 e. The molecule has 22 heavy (non-hydrogen) atoms. The lowest BCUT2D eigenvalue weighted by Gasteiger charge is -2.13. The fraction of sp³-hybridized carbons (Fsp3) is 0.235. The van der Waals surface area contributed by atoms with Crippen molar-refractivity contribution < 1.29 is 14.6 Å². The van der Waals surface area contributed by atoms with Gasteiger partial charge < -0.3 is 15.2 Å². The highest BCUT2D eigenvalue weighted by Gasteiger charge is 2.17. The third-order valence-electron chi connectivity index (χ3n) is 3.67. The van der Waals surface area contributed by atoms with Gasteiger partial charge in [-0.3, -0.25) is 4.79 Å². The molecule has 0 aromatic heterocycles. The molecule has 4 nitrogen and oxygen atoms in total. The Morgan fingerprint density at radius 2 is 2.14 bits per heavy atom. The second-order valence-electron chi connectivity index (χ2n) is 5.17. The standard InChI is InChI=1S/C17H16ClNO3/c18-14-4-2-1-3-13(14)17(21)19-10-15(20)11-5-6-16-12(9-11)7-8-22-16/h1-6,9,15,20H,7-8,10H2,(H,19,21)/t15-/m0/s1. The van der Waals surface area contributed by atoms with Crippen molar-refractivity contribution in [2.45, 2.75) is 12.5 Å². The van der Waals surface area contributed by atoms with Crippen LogP contribution in [0.15, 0.2) is 42.5 Å². The van der Waals surface area contributed by atoms with Crippen LogP contribution in [0.25, 0.3) is 0 Å². The van der Waals surface area contributed by atoms with Gasteiger partial charge in [0, 0.05) is 13.0 Å². The number of benzene rings is 2. The summed E-state index contributed by atoms with van der Waals surface area (Å²) in [4.78, 5) is 12.1. The molecule has 5 heteroatoms. The number of carbonyl (C=O) groups excluding carboxylic acids is 1. The molecule has 0 bridgehead atoms. The van der Waals surface area contributed by atoms with Crippen molar-refractivity contribution in [3.05, 3.63) is 64.2 Å². The molecule has 3 rings (SSSR count). The van der Waals surface area contributed by atoms with E-state index in [0.29, 0.717) is 17.2 Å². The SMILES string of the molecule is O=C(NC[C@H](O)c1ccc2c(c1)CCO2)c1ccccc1Cl. The predicted molar refractivity (Wildman–Crippen MR) is 84.4 cm³/mol. The normalized spacial score (nSPS) is 14.1. The van der Waals surface area contributed by atoms with Gasteiger partial charge in [-0.25, -0.2) is 0 Å². The summed E-state index contributed by atoms with van der Waals surface area (Å²) in [5.41, 5.74) is 2.26. The second kappa shape index (κ2) is 6.38. The molecular formula is C17H16ClNO3. The minimum Gasteiger partial charge on any atom is -0.493 e. The molecule has 0 saturated heterocycles. The molecule has 0 unspecified atom stereocenters. The number of hydrogen-bond donors (Lipinski definition) is 2. The molecule has 0 radical (unpaired) electrons. The highest BCUT2D eigenvalue weighted by Crippen LogP contribution is 2.28. The van der Waals surface area contributed by atoms with E-state index in [1.54, 1.807) is 24.3 Å². The Bertz CT molecular complexity index is 702. The Kier molecular flexibility index (Phi) is 4.32. The summed E-state index contributed by atoms with van der Waals surface area (Å²) >= 11 is 5.98. The lowest BCUT2D eigenvalue weighted by molar-refractivity contribution is 0.0916. The summed E-state index contributed by atoms with van der Waals surface area (Å²) in [5.74, 6) is 0.574. The molecule has 0 aliphatic carbocycles. The van der Waals surface area contributed by atoms with Gasteiger partial charge in [0.15, 0.2) is 0 Å². The van der Waals surface area contributed by atoms with Crippen LogP contribution in [0.1, 0.15) is 27.6 Å². The Morgan fingerprint density at radius 3 is 2.95 bits per heavy atom. The molecule has 1 aliphatic rings. The molecular weight excluding hydrogens is 302 g/mol. The number of rotatable bonds is 4. The van der Waals surface area contributed by atoms with Crippen LogP contribution in [0.2, 0.25) is 5.02 Å². The lowest BCUT2D eigenvalue weighted by Crippen LogP contribution is -2.28. The number of ether oxygens (including phenoxy) is 1. The maximum atomic E-state index is 12.1. The van der Waals surface area contributed by atoms with Crippen molar-refractivity contribution >= 4 is 17.5 Å². The highest BCUT2D eigenvalue weighted by molar-refractivity contribution is 6.33. The van der Waals surface area contributed by atoms with Crippen molar-refractivity contribution in [3.8, 4) is 5.75 Å². The summed E-state index contributed by atoms with van der Waals surface area (Å²) in [7, 11) is 0. The Morgan fingerprint density at radius 1 is 1.32 bits per heavy atom. The molecule has 2 aromatic carbocycles. The topological polar surface area (TPSA) is 58.6 Å². The van der Waals surface area contributed by atoms with Crippen LogP contribution in [0.5, 0.6) is 5.75 Å². The molecule has 114 valence electrons. The van der Waals surface area contributed by atoms with Gasteiger partial charge in [-0.15, -0.1) is 0 Å². The minimum absolute atomic E-state index is 0.129. The zero-order valence-electron chi connectivity index (χ0n) is 11.9. The molecule has 0 spiro atoms. The third kappa shape index (κ3) is 3.08. The summed E-state index contributed by atoms with van der Waals surface area (Å²) in [6, 6.07) is 12.4. The summed E-state index contributed by atoms with van der Waals surface area (Å²) in [6.07, 6.45) is 0.0827. The van der Waals surface area contributed by atoms with E-state index in [4.69, 9.17) is 16.3 Å². The zero-order chi connectivity index (χ0) is 15.5. The van der Waals surface area contributed by atoms with E-state index in [1.807, 2.05) is 18.2 Å². The van der Waals surface area contributed by atoms with Crippen molar-refractivity contribution in [1.82, 2.24) is 5.32 Å². The third-order valence-corrected chi connectivity index (χ3v) is 4.00. The lowest BCUT2D eigenvalue weighted by atomic mass is 10.0. The molecule has 1 amide bonds. The number of halogens is 1. The molecule has 1 heterocycles. The number of hydrogen-bond acceptors (Lipinski definition) is 3. The van der Waals surface area contributed by atoms with Gasteiger partial charge in [0.05, 0.1) is 23.3 Å². The Balaban J connectivity index is 1.64. The summed E-state index contributed by atoms with van der Waals surface area (Å²) < 4.78 is 5.44. The van der Waals surface area contributed by atoms with E-state index in [9.17, 15) is 9.90 Å². The number of fused-ring (bicyclic) bond motifs is 1. The summed E-state index contributed by atoms with van der Waals surface area (Å²) in [5, 5.41) is 13.3. The van der Waals surface area contributed by atoms with Crippen molar-refractivity contribution in [1.29, 1.82) is 0 Å². The molecule has 1 aliphatic heterocycles. The van der Waals surface area contributed by atoms with E-state index in [2.05, 4.69) is 5.32 Å². The average molecular weight is 318 g/mol. The van der Waals surface area contributed by atoms with E-state index in [0.717, 1.165) is 23.3 Å². The molecule has 2 N–H and O–H groups in total. The van der Waals surface area contributed by atoms with Gasteiger partial charge in [-0.05, 0) is 35.4 Å². The van der Waals surface area contributed by atoms with Gasteiger partial charge in [0.1, 0.15) is 5.75 Å². The van der Waals surface area contributed by atoms with Crippen molar-refractivity contribution in [2.24, 2.45) is 0 Å². The first-order valence-electron chi connectivity index (χ1n) is 7.11. The second-order valence-corrected chi connectivity index (χ2v) is 5.58. The monoisotopic (exact) mass is 317 g/mol. The number of carbonyl (C=O) groups is 1. The molecule has 1 atom stereocenters. The maximum Gasteiger partial charge on any atom is 0.252 e. The minimum atomic E-state index is -0.766. The Hall–Kier alpha value is -2.04. The maximum absolute atomic E-state index is 12.1. The van der Waals surface area contributed by atoms with Gasteiger partial charge >= 0.3 is 0 Å². The van der Waals surface area contributed by atoms with E-state index in [1.165, 1.54) is 0 Å². The summed E-state index contributed by atoms with van der Waals surface area (Å²) in [6.45, 7) is 0.807. The van der Waals surface area contributed by atoms with Crippen LogP contribution < -0.4 is 10.1 Å². The van der Waals surface area contributed by atoms with Crippen LogP contribution in [-0.2, 0) is 6.42 Å². The van der Waals surface area contributed by atoms with Crippen LogP contribution >= 0.6 is 11.6 Å². The first-order valence-corrected chi connectivity index (χ1v) is 7.49. The fourth-order valence-corrected chi connectivity index (χ4v) is 2.68. The molecule has 0 saturated carbocycles. The van der Waals surface area contributed by atoms with Crippen molar-refractivity contribution in [2.75, 3.05) is 13.2 Å². The van der Waals surface area contributed by atoms with E-state index >= 15 is 0 Å². The van der Waals surface area contributed by atoms with Crippen LogP contribution in [0, 0.1) is 0 Å². The zero-order valence-corrected chi connectivity index (χ0v) is 12.6. The smallest absolute Gasteiger partial charge is 0.252 e. The first kappa shape index (κ1) is 14.9. The van der Waals surface area contributed by atoms with Gasteiger partial charge in [0.25, 0.3) is 5.91 Å². The molecule has 0 fully saturated rings. The number of aliphatic hydroxyl groups excluding tert-OH is 1. The average Bonchev–Trinajstić information content (AvgIpc) is 3.00. The number of nitrogens with one attached hydrogen (secondary N) is 1. The first-order chi connectivity index (χ1) is 10.6. The van der Waals surface area contributed by atoms with Crippen LogP contribution in [-0.4, -0.2) is 24.2 Å². The van der Waals surface area contributed by atoms with Crippen LogP contribution in [0.3, 0.4) is 0 Å². The Labute approximate surface area is 133 Å². The quantitative estimate of drug-likeness (QED) is 0.911. The predicted octanol–water partition coefficient (Wildman–Crippen LogP) is 2.74. The fourth-order valence-electron chi connectivity index (χ4n) is 2.46. The number of aliphatic hydroxyl groups is 1. The van der Waals surface area contributed by atoms with E-state index < -0.39 is 6.10 Å². The van der Waals surface area contributed by atoms with Gasteiger partial charge in [-0.1, -0.05) is 29.8 Å². The molecule has 2 aromatic rings. The van der Waals surface area contributed by atoms with E-state index in [-0.39, 0.29) is 12.5 Å².